The first-order chi connectivity index (χ1) is 21.3. The molecule has 44 heavy (non-hydrogen) atoms. The van der Waals surface area contributed by atoms with Crippen LogP contribution in [0.15, 0.2) is 36.5 Å². The second-order valence-electron chi connectivity index (χ2n) is 13.1. The predicted octanol–water partition coefficient (Wildman–Crippen LogP) is 3.31. The van der Waals surface area contributed by atoms with Gasteiger partial charge in [-0.25, -0.2) is 22.7 Å². The molecular formula is C32H39N7O4S. The lowest BCUT2D eigenvalue weighted by Gasteiger charge is -2.38. The van der Waals surface area contributed by atoms with Crippen LogP contribution in [0.1, 0.15) is 43.0 Å². The highest BCUT2D eigenvalue weighted by molar-refractivity contribution is 7.89. The summed E-state index contributed by atoms with van der Waals surface area (Å²) in [7, 11) is -1.61. The molecule has 2 bridgehead atoms. The summed E-state index contributed by atoms with van der Waals surface area (Å²) in [5, 5.41) is 1.05. The fraction of sp³-hybridized carbons (Fsp3) is 0.531. The van der Waals surface area contributed by atoms with Gasteiger partial charge in [-0.3, -0.25) is 4.79 Å². The van der Waals surface area contributed by atoms with Crippen molar-refractivity contribution in [1.82, 2.24) is 28.3 Å². The van der Waals surface area contributed by atoms with Gasteiger partial charge in [0.05, 0.1) is 24.1 Å². The molecule has 0 unspecified atom stereocenters. The molecule has 4 aromatic rings. The Hall–Kier alpha value is -3.48. The number of pyridine rings is 1. The number of nitrogens with zero attached hydrogens (tertiary/aromatic N) is 6. The number of rotatable bonds is 9. The van der Waals surface area contributed by atoms with Crippen LogP contribution in [0.2, 0.25) is 0 Å². The minimum Gasteiger partial charge on any atom is -0.494 e. The maximum Gasteiger partial charge on any atom is 0.254 e. The van der Waals surface area contributed by atoms with E-state index in [9.17, 15) is 13.2 Å². The number of likely N-dealkylation sites (tertiary alicyclic amines) is 1. The number of sulfonamides is 1. The fourth-order valence-electron chi connectivity index (χ4n) is 7.65. The molecule has 4 aliphatic rings. The third-order valence-electron chi connectivity index (χ3n) is 10.3. The summed E-state index contributed by atoms with van der Waals surface area (Å²) in [4.78, 5) is 25.7. The Bertz CT molecular complexity index is 1890. The molecule has 1 aromatic carbocycles. The normalized spacial score (nSPS) is 24.1. The van der Waals surface area contributed by atoms with Crippen LogP contribution in [0.3, 0.4) is 0 Å². The number of fused-ring (bicyclic) bond motifs is 4. The van der Waals surface area contributed by atoms with Crippen LogP contribution in [-0.2, 0) is 23.1 Å². The number of benzene rings is 1. The minimum absolute atomic E-state index is 0.0320. The number of piperidine rings is 1. The highest BCUT2D eigenvalue weighted by Gasteiger charge is 2.47. The molecule has 4 fully saturated rings. The standard InChI is InChI=1S/C32H39N7O4S/c1-3-44(41,42)36-14-20(15-36)17-39-29-24(11-23(13-27(29)43-2)32(40)38-18-22-8-9-25(38)28(22)33)35-31(39)26-12-21-5-4-10-34-30(21)37(26)16-19-6-7-19/h4-5,10-13,19-20,22,25,28H,3,6-9,14-18,33H2,1-2H3/t22-,25-,28-/m1/s1. The van der Waals surface area contributed by atoms with Gasteiger partial charge in [0.15, 0.2) is 5.82 Å². The number of amides is 1. The molecule has 5 heterocycles. The minimum atomic E-state index is -3.23. The second kappa shape index (κ2) is 10.3. The summed E-state index contributed by atoms with van der Waals surface area (Å²) in [6.45, 7) is 4.76. The summed E-state index contributed by atoms with van der Waals surface area (Å²) in [5.74, 6) is 2.53. The molecule has 2 saturated carbocycles. The highest BCUT2D eigenvalue weighted by atomic mass is 32.2. The van der Waals surface area contributed by atoms with Crippen LogP contribution >= 0.6 is 0 Å². The van der Waals surface area contributed by atoms with E-state index in [1.807, 2.05) is 29.3 Å². The third kappa shape index (κ3) is 4.44. The number of carbonyl (C=O) groups excluding carboxylic acids is 1. The first kappa shape index (κ1) is 28.0. The number of nitrogens with two attached hydrogens (primary N) is 1. The first-order valence-electron chi connectivity index (χ1n) is 15.8. The summed E-state index contributed by atoms with van der Waals surface area (Å²) in [6, 6.07) is 10.0. The van der Waals surface area contributed by atoms with Crippen molar-refractivity contribution in [2.45, 2.75) is 57.8 Å². The van der Waals surface area contributed by atoms with E-state index in [4.69, 9.17) is 20.4 Å². The molecule has 3 aromatic heterocycles. The molecule has 11 nitrogen and oxygen atoms in total. The van der Waals surface area contributed by atoms with Crippen molar-refractivity contribution in [3.8, 4) is 17.3 Å². The van der Waals surface area contributed by atoms with Gasteiger partial charge in [-0.15, -0.1) is 0 Å². The third-order valence-corrected chi connectivity index (χ3v) is 12.1. The molecule has 232 valence electrons. The topological polar surface area (TPSA) is 129 Å². The van der Waals surface area contributed by atoms with Crippen molar-refractivity contribution >= 4 is 38.0 Å². The molecule has 3 atom stereocenters. The zero-order valence-electron chi connectivity index (χ0n) is 25.2. The lowest BCUT2D eigenvalue weighted by Crippen LogP contribution is -2.51. The van der Waals surface area contributed by atoms with E-state index in [1.54, 1.807) is 18.3 Å². The number of hydrogen-bond acceptors (Lipinski definition) is 7. The van der Waals surface area contributed by atoms with Crippen molar-refractivity contribution in [1.29, 1.82) is 0 Å². The SMILES string of the molecule is CCS(=O)(=O)N1CC(Cn2c(-c3cc4cccnc4n3CC3CC3)nc3cc(C(=O)N4C[C@H]5CC[C@@H]4[C@@H]5N)cc(OC)c32)C1. The summed E-state index contributed by atoms with van der Waals surface area (Å²) < 4.78 is 37.0. The predicted molar refractivity (Wildman–Crippen MR) is 168 cm³/mol. The quantitative estimate of drug-likeness (QED) is 0.305. The molecule has 2 N–H and O–H groups in total. The highest BCUT2D eigenvalue weighted by Crippen LogP contribution is 2.41. The number of methoxy groups -OCH3 is 1. The Morgan fingerprint density at radius 3 is 2.52 bits per heavy atom. The van der Waals surface area contributed by atoms with E-state index in [0.29, 0.717) is 54.8 Å². The van der Waals surface area contributed by atoms with E-state index in [2.05, 4.69) is 21.3 Å². The van der Waals surface area contributed by atoms with Crippen molar-refractivity contribution in [3.63, 3.8) is 0 Å². The molecule has 1 amide bonds. The summed E-state index contributed by atoms with van der Waals surface area (Å²) in [5.41, 5.74) is 10.4. The van der Waals surface area contributed by atoms with E-state index in [-0.39, 0.29) is 29.7 Å². The van der Waals surface area contributed by atoms with Gasteiger partial charge in [-0.2, -0.15) is 0 Å². The van der Waals surface area contributed by atoms with Gasteiger partial charge in [0.25, 0.3) is 5.91 Å². The van der Waals surface area contributed by atoms with Gasteiger partial charge >= 0.3 is 0 Å². The maximum absolute atomic E-state index is 13.9. The molecule has 2 saturated heterocycles. The van der Waals surface area contributed by atoms with E-state index < -0.39 is 10.0 Å². The fourth-order valence-corrected chi connectivity index (χ4v) is 8.89. The monoisotopic (exact) mass is 617 g/mol. The Balaban J connectivity index is 1.25. The van der Waals surface area contributed by atoms with Crippen LogP contribution in [0, 0.1) is 17.8 Å². The molecule has 2 aliphatic heterocycles. The van der Waals surface area contributed by atoms with E-state index in [1.165, 1.54) is 12.8 Å². The lowest BCUT2D eigenvalue weighted by atomic mass is 10.0. The Morgan fingerprint density at radius 1 is 1.05 bits per heavy atom. The molecule has 8 rings (SSSR count). The van der Waals surface area contributed by atoms with Crippen LogP contribution in [0.4, 0.5) is 0 Å². The average molecular weight is 618 g/mol. The zero-order chi connectivity index (χ0) is 30.3. The second-order valence-corrected chi connectivity index (χ2v) is 15.4. The van der Waals surface area contributed by atoms with Gasteiger partial charge in [0.1, 0.15) is 16.9 Å². The molecule has 2 aliphatic carbocycles. The Kier molecular flexibility index (Phi) is 6.55. The zero-order valence-corrected chi connectivity index (χ0v) is 26.0. The number of imidazole rings is 1. The van der Waals surface area contributed by atoms with Crippen molar-refractivity contribution in [3.05, 3.63) is 42.1 Å². The molecule has 12 heteroatoms. The van der Waals surface area contributed by atoms with E-state index in [0.717, 1.165) is 47.5 Å². The van der Waals surface area contributed by atoms with Crippen LogP contribution in [-0.4, -0.2) is 87.2 Å². The van der Waals surface area contributed by atoms with Gasteiger partial charge in [-0.1, -0.05) is 0 Å². The number of carbonyl (C=O) groups is 1. The van der Waals surface area contributed by atoms with Crippen LogP contribution in [0.25, 0.3) is 33.6 Å². The summed E-state index contributed by atoms with van der Waals surface area (Å²) >= 11 is 0. The largest absolute Gasteiger partial charge is 0.494 e. The Morgan fingerprint density at radius 2 is 1.84 bits per heavy atom. The molecule has 0 radical (unpaired) electrons. The van der Waals surface area contributed by atoms with Gasteiger partial charge in [-0.05, 0) is 74.8 Å². The Labute approximate surface area is 257 Å². The average Bonchev–Trinajstić information content (AvgIpc) is 3.36. The number of aromatic nitrogens is 4. The number of ether oxygens (including phenoxy) is 1. The number of hydrogen-bond donors (Lipinski definition) is 1. The first-order valence-corrected chi connectivity index (χ1v) is 17.4. The summed E-state index contributed by atoms with van der Waals surface area (Å²) in [6.07, 6.45) is 6.25. The smallest absolute Gasteiger partial charge is 0.254 e. The van der Waals surface area contributed by atoms with E-state index >= 15 is 0 Å². The van der Waals surface area contributed by atoms with Crippen LogP contribution in [0.5, 0.6) is 5.75 Å². The maximum atomic E-state index is 13.9. The van der Waals surface area contributed by atoms with Crippen molar-refractivity contribution < 1.29 is 17.9 Å². The van der Waals surface area contributed by atoms with Crippen molar-refractivity contribution in [2.24, 2.45) is 23.5 Å². The van der Waals surface area contributed by atoms with Gasteiger partial charge < -0.3 is 24.5 Å². The molecular weight excluding hydrogens is 578 g/mol. The van der Waals surface area contributed by atoms with Crippen molar-refractivity contribution in [2.75, 3.05) is 32.5 Å². The molecule has 0 spiro atoms. The van der Waals surface area contributed by atoms with Gasteiger partial charge in [0.2, 0.25) is 10.0 Å². The van der Waals surface area contributed by atoms with Gasteiger partial charge in [0, 0.05) is 67.9 Å². The lowest BCUT2D eigenvalue weighted by molar-refractivity contribution is 0.0700. The van der Waals surface area contributed by atoms with Crippen LogP contribution < -0.4 is 10.5 Å².